The van der Waals surface area contributed by atoms with Gasteiger partial charge < -0.3 is 4.74 Å². The molecule has 2 aromatic heterocycles. The van der Waals surface area contributed by atoms with E-state index in [1.54, 1.807) is 30.0 Å². The van der Waals surface area contributed by atoms with Crippen molar-refractivity contribution in [1.82, 2.24) is 14.3 Å². The van der Waals surface area contributed by atoms with E-state index in [4.69, 9.17) is 21.3 Å². The first-order valence-electron chi connectivity index (χ1n) is 12.4. The zero-order valence-electron chi connectivity index (χ0n) is 22.5. The number of rotatable bonds is 5. The van der Waals surface area contributed by atoms with Crippen LogP contribution < -0.4 is 5.56 Å². The molecule has 0 radical (unpaired) electrons. The van der Waals surface area contributed by atoms with Gasteiger partial charge in [0.25, 0.3) is 5.56 Å². The molecule has 0 aliphatic rings. The van der Waals surface area contributed by atoms with Gasteiger partial charge in [0.2, 0.25) is 0 Å². The fourth-order valence-corrected chi connectivity index (χ4v) is 6.12. The van der Waals surface area contributed by atoms with Crippen LogP contribution in [0.1, 0.15) is 44.9 Å². The quantitative estimate of drug-likeness (QED) is 0.233. The van der Waals surface area contributed by atoms with Gasteiger partial charge in [0.1, 0.15) is 11.1 Å². The predicted molar refractivity (Wildman–Crippen MR) is 156 cm³/mol. The van der Waals surface area contributed by atoms with Crippen LogP contribution in [0.5, 0.6) is 0 Å². The average Bonchev–Trinajstić information content (AvgIpc) is 3.36. The monoisotopic (exact) mass is 547 g/mol. The molecule has 0 N–H and O–H groups in total. The number of carbonyl (C=O) groups is 1. The number of Topliss-reactive ketones (excluding diaryl/α,β-unsaturated/α-hetero) is 1. The molecule has 38 heavy (non-hydrogen) atoms. The van der Waals surface area contributed by atoms with Crippen LogP contribution in [0, 0.1) is 6.92 Å². The Bertz CT molecular complexity index is 1770. The van der Waals surface area contributed by atoms with Crippen molar-refractivity contribution < 1.29 is 9.53 Å². The molecule has 8 heteroatoms. The van der Waals surface area contributed by atoms with E-state index in [0.717, 1.165) is 48.6 Å². The van der Waals surface area contributed by atoms with Crippen molar-refractivity contribution in [2.24, 2.45) is 14.1 Å². The normalized spacial score (nSPS) is 12.9. The molecule has 0 aliphatic heterocycles. The Hall–Kier alpha value is -3.26. The minimum atomic E-state index is -0.737. The number of nitrogens with zero attached hydrogens (tertiary/aromatic N) is 3. The second-order valence-electron chi connectivity index (χ2n) is 10.7. The summed E-state index contributed by atoms with van der Waals surface area (Å²) in [6, 6.07) is 15.5. The standard InChI is InChI=1S/C30H30ClN3O3S/c1-16-14-22-27(38-28(32-22)19-10-13-23-21(15-19)29(36)34(7)33(23)6)25(18-8-11-20(31)12-9-18)24(16)26(17(2)35)37-30(3,4)5/h8-15,26H,1-7H3/t26-/m1/s1. The fourth-order valence-electron chi connectivity index (χ4n) is 4.87. The smallest absolute Gasteiger partial charge is 0.274 e. The van der Waals surface area contributed by atoms with Crippen molar-refractivity contribution in [3.63, 3.8) is 0 Å². The molecule has 0 fully saturated rings. The van der Waals surface area contributed by atoms with Crippen LogP contribution in [0.15, 0.2) is 53.3 Å². The Labute approximate surface area is 230 Å². The maximum atomic E-state index is 13.0. The second kappa shape index (κ2) is 9.49. The molecule has 3 aromatic carbocycles. The van der Waals surface area contributed by atoms with Gasteiger partial charge in [-0.25, -0.2) is 4.98 Å². The van der Waals surface area contributed by atoms with E-state index in [1.165, 1.54) is 0 Å². The lowest BCUT2D eigenvalue weighted by atomic mass is 9.90. The van der Waals surface area contributed by atoms with Gasteiger partial charge in [0, 0.05) is 35.8 Å². The molecule has 0 saturated heterocycles. The number of hydrogen-bond donors (Lipinski definition) is 0. The van der Waals surface area contributed by atoms with E-state index in [-0.39, 0.29) is 11.3 Å². The summed E-state index contributed by atoms with van der Waals surface area (Å²) in [6.45, 7) is 9.42. The number of carbonyl (C=O) groups excluding carboxylic acids is 1. The van der Waals surface area contributed by atoms with Gasteiger partial charge in [-0.05, 0) is 82.1 Å². The van der Waals surface area contributed by atoms with E-state index in [9.17, 15) is 9.59 Å². The molecule has 196 valence electrons. The summed E-state index contributed by atoms with van der Waals surface area (Å²) in [5.74, 6) is -0.0623. The molecule has 0 saturated carbocycles. The first-order chi connectivity index (χ1) is 17.9. The van der Waals surface area contributed by atoms with Gasteiger partial charge in [-0.1, -0.05) is 23.7 Å². The number of halogens is 1. The van der Waals surface area contributed by atoms with E-state index in [2.05, 4.69) is 0 Å². The summed E-state index contributed by atoms with van der Waals surface area (Å²) in [7, 11) is 3.63. The molecule has 0 spiro atoms. The van der Waals surface area contributed by atoms with Gasteiger partial charge in [0.05, 0.1) is 26.7 Å². The van der Waals surface area contributed by atoms with Crippen LogP contribution in [0.2, 0.25) is 5.02 Å². The van der Waals surface area contributed by atoms with Crippen LogP contribution in [0.4, 0.5) is 0 Å². The summed E-state index contributed by atoms with van der Waals surface area (Å²) < 4.78 is 10.7. The third kappa shape index (κ3) is 4.59. The molecule has 6 nitrogen and oxygen atoms in total. The highest BCUT2D eigenvalue weighted by atomic mass is 35.5. The molecule has 0 aliphatic carbocycles. The highest BCUT2D eigenvalue weighted by molar-refractivity contribution is 7.22. The Morgan fingerprint density at radius 1 is 1.03 bits per heavy atom. The molecule has 0 unspecified atom stereocenters. The van der Waals surface area contributed by atoms with Gasteiger partial charge >= 0.3 is 0 Å². The van der Waals surface area contributed by atoms with Crippen molar-refractivity contribution >= 4 is 49.8 Å². The molecule has 0 amide bonds. The Balaban J connectivity index is 1.79. The molecule has 0 bridgehead atoms. The molecule has 1 atom stereocenters. The highest BCUT2D eigenvalue weighted by Gasteiger charge is 2.30. The molecule has 5 aromatic rings. The van der Waals surface area contributed by atoms with Gasteiger partial charge in [-0.15, -0.1) is 11.3 Å². The number of ketones is 1. The van der Waals surface area contributed by atoms with Crippen LogP contribution in [-0.2, 0) is 23.6 Å². The lowest BCUT2D eigenvalue weighted by Crippen LogP contribution is -2.27. The van der Waals surface area contributed by atoms with Gasteiger partial charge in [-0.2, -0.15) is 0 Å². The van der Waals surface area contributed by atoms with Crippen molar-refractivity contribution in [2.75, 3.05) is 0 Å². The largest absolute Gasteiger partial charge is 0.360 e. The van der Waals surface area contributed by atoms with E-state index in [1.807, 2.05) is 88.0 Å². The number of aryl methyl sites for hydroxylation is 2. The first kappa shape index (κ1) is 26.4. The van der Waals surface area contributed by atoms with E-state index >= 15 is 0 Å². The second-order valence-corrected chi connectivity index (χ2v) is 12.1. The number of aromatic nitrogens is 3. The van der Waals surface area contributed by atoms with Crippen molar-refractivity contribution in [3.8, 4) is 21.7 Å². The lowest BCUT2D eigenvalue weighted by molar-refractivity contribution is -0.138. The van der Waals surface area contributed by atoms with Crippen LogP contribution in [0.25, 0.3) is 42.8 Å². The third-order valence-electron chi connectivity index (χ3n) is 6.73. The number of benzene rings is 3. The fraction of sp³-hybridized carbons (Fsp3) is 0.300. The predicted octanol–water partition coefficient (Wildman–Crippen LogP) is 7.23. The van der Waals surface area contributed by atoms with E-state index < -0.39 is 11.7 Å². The Morgan fingerprint density at radius 3 is 2.32 bits per heavy atom. The Kier molecular flexibility index (Phi) is 6.58. The van der Waals surface area contributed by atoms with E-state index in [0.29, 0.717) is 10.4 Å². The maximum absolute atomic E-state index is 13.0. The highest BCUT2D eigenvalue weighted by Crippen LogP contribution is 2.44. The van der Waals surface area contributed by atoms with Crippen molar-refractivity contribution in [1.29, 1.82) is 0 Å². The van der Waals surface area contributed by atoms with Crippen LogP contribution in [0.3, 0.4) is 0 Å². The zero-order chi connectivity index (χ0) is 27.5. The molecular formula is C30H30ClN3O3S. The third-order valence-corrected chi connectivity index (χ3v) is 8.12. The number of hydrogen-bond acceptors (Lipinski definition) is 5. The van der Waals surface area contributed by atoms with Crippen molar-refractivity contribution in [3.05, 3.63) is 75.0 Å². The zero-order valence-corrected chi connectivity index (χ0v) is 24.1. The number of ether oxygens (including phenoxy) is 1. The lowest BCUT2D eigenvalue weighted by Gasteiger charge is -2.29. The topological polar surface area (TPSA) is 66.1 Å². The molecule has 5 rings (SSSR count). The number of thiazole rings is 1. The summed E-state index contributed by atoms with van der Waals surface area (Å²) in [4.78, 5) is 30.7. The summed E-state index contributed by atoms with van der Waals surface area (Å²) >= 11 is 7.77. The number of fused-ring (bicyclic) bond motifs is 2. The SMILES string of the molecule is CC(=O)[C@@H](OC(C)(C)C)c1c(C)cc2nc(-c3ccc4c(c3)c(=O)n(C)n4C)sc2c1-c1ccc(Cl)cc1. The molecular weight excluding hydrogens is 518 g/mol. The first-order valence-corrected chi connectivity index (χ1v) is 13.6. The average molecular weight is 548 g/mol. The Morgan fingerprint density at radius 2 is 1.68 bits per heavy atom. The maximum Gasteiger partial charge on any atom is 0.274 e. The summed E-state index contributed by atoms with van der Waals surface area (Å²) in [5.41, 5.74) is 5.62. The van der Waals surface area contributed by atoms with Crippen LogP contribution in [-0.4, -0.2) is 25.7 Å². The molecule has 2 heterocycles. The van der Waals surface area contributed by atoms with Gasteiger partial charge in [-0.3, -0.25) is 19.0 Å². The van der Waals surface area contributed by atoms with Crippen molar-refractivity contribution in [2.45, 2.75) is 46.3 Å². The van der Waals surface area contributed by atoms with Gasteiger partial charge in [0.15, 0.2) is 5.78 Å². The minimum Gasteiger partial charge on any atom is -0.360 e. The summed E-state index contributed by atoms with van der Waals surface area (Å²) in [5, 5.41) is 2.09. The van der Waals surface area contributed by atoms with Crippen LogP contribution >= 0.6 is 22.9 Å². The summed E-state index contributed by atoms with van der Waals surface area (Å²) in [6.07, 6.45) is -0.737. The minimum absolute atomic E-state index is 0.0472.